The van der Waals surface area contributed by atoms with Gasteiger partial charge in [0.25, 0.3) is 11.8 Å². The lowest BCUT2D eigenvalue weighted by Gasteiger charge is -2.09. The van der Waals surface area contributed by atoms with Crippen LogP contribution >= 0.6 is 0 Å². The van der Waals surface area contributed by atoms with Crippen LogP contribution in [0.1, 0.15) is 45.2 Å². The average molecular weight is 355 g/mol. The van der Waals surface area contributed by atoms with Gasteiger partial charge in [-0.3, -0.25) is 4.79 Å². The number of furan rings is 1. The maximum absolute atomic E-state index is 12.2. The van der Waals surface area contributed by atoms with Crippen molar-refractivity contribution in [1.82, 2.24) is 10.2 Å². The Kier molecular flexibility index (Phi) is 5.12. The first kappa shape index (κ1) is 17.4. The normalized spacial score (nSPS) is 10.5. The molecule has 3 rings (SSSR count). The highest BCUT2D eigenvalue weighted by Gasteiger charge is 2.15. The minimum absolute atomic E-state index is 0.117. The second-order valence-electron chi connectivity index (χ2n) is 5.48. The number of benzene rings is 1. The molecular formula is C18H17N3O5. The smallest absolute Gasteiger partial charge is 0.338 e. The quantitative estimate of drug-likeness (QED) is 0.677. The van der Waals surface area contributed by atoms with E-state index in [-0.39, 0.29) is 18.3 Å². The zero-order valence-electron chi connectivity index (χ0n) is 14.3. The third-order valence-electron chi connectivity index (χ3n) is 3.60. The number of carbonyl (C=O) groups excluding carboxylic acids is 2. The Labute approximate surface area is 149 Å². The Balaban J connectivity index is 1.67. The van der Waals surface area contributed by atoms with Crippen LogP contribution < -0.4 is 5.32 Å². The molecule has 2 heterocycles. The molecule has 1 amide bonds. The van der Waals surface area contributed by atoms with Gasteiger partial charge >= 0.3 is 5.97 Å². The monoisotopic (exact) mass is 355 g/mol. The van der Waals surface area contributed by atoms with Crippen LogP contribution in [-0.4, -0.2) is 22.1 Å². The van der Waals surface area contributed by atoms with Crippen LogP contribution in [0.2, 0.25) is 0 Å². The van der Waals surface area contributed by atoms with Crippen LogP contribution in [0.4, 0.5) is 5.69 Å². The van der Waals surface area contributed by atoms with Crippen molar-refractivity contribution < 1.29 is 23.2 Å². The van der Waals surface area contributed by atoms with E-state index in [1.807, 2.05) is 13.8 Å². The van der Waals surface area contributed by atoms with Gasteiger partial charge in [0.15, 0.2) is 12.4 Å². The van der Waals surface area contributed by atoms with E-state index < -0.39 is 11.9 Å². The molecular weight excluding hydrogens is 338 g/mol. The standard InChI is InChI=1S/C18H17N3O5/c1-3-15-20-21-16(26-15)10-25-18(23)12-7-6-11(2)13(9-12)19-17(22)14-5-4-8-24-14/h4-9H,3,10H2,1-2H3,(H,19,22). The van der Waals surface area contributed by atoms with Gasteiger partial charge in [0.05, 0.1) is 11.8 Å². The summed E-state index contributed by atoms with van der Waals surface area (Å²) in [5.41, 5.74) is 1.58. The van der Waals surface area contributed by atoms with Crippen molar-refractivity contribution in [2.75, 3.05) is 5.32 Å². The first-order valence-electron chi connectivity index (χ1n) is 8.00. The number of aromatic nitrogens is 2. The van der Waals surface area contributed by atoms with Gasteiger partial charge in [-0.05, 0) is 36.8 Å². The summed E-state index contributed by atoms with van der Waals surface area (Å²) in [6, 6.07) is 8.06. The molecule has 0 saturated carbocycles. The van der Waals surface area contributed by atoms with Crippen molar-refractivity contribution in [3.63, 3.8) is 0 Å². The second-order valence-corrected chi connectivity index (χ2v) is 5.48. The molecule has 8 heteroatoms. The lowest BCUT2D eigenvalue weighted by Crippen LogP contribution is -2.13. The van der Waals surface area contributed by atoms with Gasteiger partial charge in [0.1, 0.15) is 0 Å². The number of hydrogen-bond donors (Lipinski definition) is 1. The first-order valence-corrected chi connectivity index (χ1v) is 8.00. The number of nitrogens with one attached hydrogen (secondary N) is 1. The topological polar surface area (TPSA) is 107 Å². The van der Waals surface area contributed by atoms with Crippen LogP contribution in [-0.2, 0) is 17.8 Å². The number of nitrogens with zero attached hydrogens (tertiary/aromatic N) is 2. The molecule has 1 aromatic carbocycles. The number of carbonyl (C=O) groups is 2. The average Bonchev–Trinajstić information content (AvgIpc) is 3.33. The number of ether oxygens (including phenoxy) is 1. The molecule has 0 unspecified atom stereocenters. The van der Waals surface area contributed by atoms with Crippen molar-refractivity contribution in [3.8, 4) is 0 Å². The lowest BCUT2D eigenvalue weighted by atomic mass is 10.1. The van der Waals surface area contributed by atoms with Crippen LogP contribution in [0.3, 0.4) is 0 Å². The summed E-state index contributed by atoms with van der Waals surface area (Å²) in [5.74, 6) is -0.0696. The maximum Gasteiger partial charge on any atom is 0.338 e. The minimum Gasteiger partial charge on any atom is -0.459 e. The molecule has 0 radical (unpaired) electrons. The SMILES string of the molecule is CCc1nnc(COC(=O)c2ccc(C)c(NC(=O)c3ccco3)c2)o1. The summed E-state index contributed by atoms with van der Waals surface area (Å²) in [5, 5.41) is 10.3. The van der Waals surface area contributed by atoms with Crippen molar-refractivity contribution in [1.29, 1.82) is 0 Å². The van der Waals surface area contributed by atoms with Crippen LogP contribution in [0, 0.1) is 6.92 Å². The molecule has 0 aliphatic carbocycles. The third kappa shape index (κ3) is 3.97. The number of amides is 1. The molecule has 8 nitrogen and oxygen atoms in total. The zero-order valence-corrected chi connectivity index (χ0v) is 14.3. The molecule has 0 aliphatic heterocycles. The Hall–Kier alpha value is -3.42. The van der Waals surface area contributed by atoms with Crippen LogP contribution in [0.5, 0.6) is 0 Å². The molecule has 0 spiro atoms. The van der Waals surface area contributed by atoms with E-state index in [4.69, 9.17) is 13.6 Å². The van der Waals surface area contributed by atoms with E-state index in [0.29, 0.717) is 23.6 Å². The van der Waals surface area contributed by atoms with Crippen LogP contribution in [0.15, 0.2) is 45.4 Å². The molecule has 0 aliphatic rings. The largest absolute Gasteiger partial charge is 0.459 e. The predicted octanol–water partition coefficient (Wildman–Crippen LogP) is 3.14. The molecule has 1 N–H and O–H groups in total. The fourth-order valence-corrected chi connectivity index (χ4v) is 2.18. The highest BCUT2D eigenvalue weighted by atomic mass is 16.5. The highest BCUT2D eigenvalue weighted by molar-refractivity contribution is 6.03. The third-order valence-corrected chi connectivity index (χ3v) is 3.60. The molecule has 0 atom stereocenters. The first-order chi connectivity index (χ1) is 12.6. The Morgan fingerprint density at radius 1 is 1.19 bits per heavy atom. The van der Waals surface area contributed by atoms with E-state index in [1.165, 1.54) is 6.26 Å². The van der Waals surface area contributed by atoms with Gasteiger partial charge in [-0.15, -0.1) is 10.2 Å². The summed E-state index contributed by atoms with van der Waals surface area (Å²) in [6.45, 7) is 3.58. The molecule has 3 aromatic rings. The fourth-order valence-electron chi connectivity index (χ4n) is 2.18. The van der Waals surface area contributed by atoms with Crippen LogP contribution in [0.25, 0.3) is 0 Å². The number of esters is 1. The number of aryl methyl sites for hydroxylation is 2. The Morgan fingerprint density at radius 2 is 2.00 bits per heavy atom. The molecule has 26 heavy (non-hydrogen) atoms. The lowest BCUT2D eigenvalue weighted by molar-refractivity contribution is 0.0436. The van der Waals surface area contributed by atoms with Crippen molar-refractivity contribution in [3.05, 3.63) is 65.3 Å². The van der Waals surface area contributed by atoms with Crippen molar-refractivity contribution in [2.24, 2.45) is 0 Å². The van der Waals surface area contributed by atoms with Gasteiger partial charge in [-0.25, -0.2) is 4.79 Å². The van der Waals surface area contributed by atoms with Gasteiger partial charge in [-0.1, -0.05) is 13.0 Å². The number of anilines is 1. The van der Waals surface area contributed by atoms with Crippen molar-refractivity contribution >= 4 is 17.6 Å². The van der Waals surface area contributed by atoms with Gasteiger partial charge < -0.3 is 18.9 Å². The molecule has 134 valence electrons. The molecule has 2 aromatic heterocycles. The summed E-state index contributed by atoms with van der Waals surface area (Å²) >= 11 is 0. The molecule has 0 bridgehead atoms. The summed E-state index contributed by atoms with van der Waals surface area (Å²) in [7, 11) is 0. The highest BCUT2D eigenvalue weighted by Crippen LogP contribution is 2.19. The van der Waals surface area contributed by atoms with E-state index in [2.05, 4.69) is 15.5 Å². The van der Waals surface area contributed by atoms with Crippen molar-refractivity contribution in [2.45, 2.75) is 26.9 Å². The minimum atomic E-state index is -0.560. The summed E-state index contributed by atoms with van der Waals surface area (Å²) in [6.07, 6.45) is 2.02. The van der Waals surface area contributed by atoms with E-state index in [0.717, 1.165) is 5.56 Å². The molecule has 0 fully saturated rings. The summed E-state index contributed by atoms with van der Waals surface area (Å²) in [4.78, 5) is 24.3. The Morgan fingerprint density at radius 3 is 2.69 bits per heavy atom. The maximum atomic E-state index is 12.2. The fraction of sp³-hybridized carbons (Fsp3) is 0.222. The molecule has 0 saturated heterocycles. The second kappa shape index (κ2) is 7.64. The van der Waals surface area contributed by atoms with Gasteiger partial charge in [-0.2, -0.15) is 0 Å². The number of rotatable bonds is 6. The number of hydrogen-bond acceptors (Lipinski definition) is 7. The predicted molar refractivity (Wildman–Crippen MR) is 90.6 cm³/mol. The van der Waals surface area contributed by atoms with E-state index in [9.17, 15) is 9.59 Å². The zero-order chi connectivity index (χ0) is 18.5. The van der Waals surface area contributed by atoms with E-state index >= 15 is 0 Å². The van der Waals surface area contributed by atoms with E-state index in [1.54, 1.807) is 30.3 Å². The Bertz CT molecular complexity index is 915. The summed E-state index contributed by atoms with van der Waals surface area (Å²) < 4.78 is 15.5. The van der Waals surface area contributed by atoms with Gasteiger partial charge in [0, 0.05) is 12.1 Å². The van der Waals surface area contributed by atoms with Gasteiger partial charge in [0.2, 0.25) is 5.89 Å².